The summed E-state index contributed by atoms with van der Waals surface area (Å²) in [4.78, 5) is 8.45. The Morgan fingerprint density at radius 3 is 2.90 bits per heavy atom. The van der Waals surface area contributed by atoms with Crippen molar-refractivity contribution < 1.29 is 4.74 Å². The number of hydrogen-bond donors (Lipinski definition) is 2. The van der Waals surface area contributed by atoms with Crippen molar-refractivity contribution in [3.63, 3.8) is 0 Å². The van der Waals surface area contributed by atoms with Crippen LogP contribution in [0.25, 0.3) is 0 Å². The summed E-state index contributed by atoms with van der Waals surface area (Å²) in [5, 5.41) is 7.65. The minimum atomic E-state index is 0.340. The highest BCUT2D eigenvalue weighted by molar-refractivity contribution is 5.45. The first-order valence-corrected chi connectivity index (χ1v) is 6.50. The summed E-state index contributed by atoms with van der Waals surface area (Å²) in [6.07, 6.45) is 2.91. The van der Waals surface area contributed by atoms with E-state index in [2.05, 4.69) is 27.3 Å². The number of rotatable bonds is 6. The maximum absolute atomic E-state index is 5.76. The molecule has 0 saturated carbocycles. The van der Waals surface area contributed by atoms with Crippen molar-refractivity contribution >= 4 is 11.6 Å². The Kier molecular flexibility index (Phi) is 4.52. The van der Waals surface area contributed by atoms with Crippen LogP contribution in [-0.4, -0.2) is 26.9 Å². The molecular formula is C13H20N6O. The van der Waals surface area contributed by atoms with E-state index in [0.29, 0.717) is 30.6 Å². The van der Waals surface area contributed by atoms with Crippen LogP contribution in [0.3, 0.4) is 0 Å². The predicted molar refractivity (Wildman–Crippen MR) is 77.1 cm³/mol. The molecule has 20 heavy (non-hydrogen) atoms. The Bertz CT molecular complexity index is 580. The predicted octanol–water partition coefficient (Wildman–Crippen LogP) is 1.11. The van der Waals surface area contributed by atoms with E-state index in [1.165, 1.54) is 0 Å². The van der Waals surface area contributed by atoms with Gasteiger partial charge in [-0.2, -0.15) is 5.10 Å². The van der Waals surface area contributed by atoms with Gasteiger partial charge in [0.25, 0.3) is 0 Å². The van der Waals surface area contributed by atoms with Crippen LogP contribution in [0.2, 0.25) is 0 Å². The summed E-state index contributed by atoms with van der Waals surface area (Å²) >= 11 is 0. The molecule has 0 saturated heterocycles. The molecule has 7 heteroatoms. The zero-order chi connectivity index (χ0) is 14.5. The minimum absolute atomic E-state index is 0.340. The normalized spacial score (nSPS) is 10.8. The van der Waals surface area contributed by atoms with Gasteiger partial charge in [0.2, 0.25) is 0 Å². The van der Waals surface area contributed by atoms with Gasteiger partial charge in [0.1, 0.15) is 18.2 Å². The fraction of sp³-hybridized carbons (Fsp3) is 0.462. The molecule has 0 spiro atoms. The van der Waals surface area contributed by atoms with E-state index in [1.807, 2.05) is 17.9 Å². The van der Waals surface area contributed by atoms with Gasteiger partial charge in [-0.1, -0.05) is 6.92 Å². The smallest absolute Gasteiger partial charge is 0.158 e. The van der Waals surface area contributed by atoms with Crippen LogP contribution >= 0.6 is 0 Å². The van der Waals surface area contributed by atoms with Gasteiger partial charge in [0, 0.05) is 38.5 Å². The number of anilines is 2. The number of nitrogens with one attached hydrogen (secondary N) is 1. The Morgan fingerprint density at radius 1 is 1.40 bits per heavy atom. The van der Waals surface area contributed by atoms with Crippen molar-refractivity contribution in [3.8, 4) is 0 Å². The van der Waals surface area contributed by atoms with Gasteiger partial charge < -0.3 is 15.8 Å². The van der Waals surface area contributed by atoms with Gasteiger partial charge in [-0.15, -0.1) is 0 Å². The topological polar surface area (TPSA) is 90.9 Å². The highest BCUT2D eigenvalue weighted by Gasteiger charge is 2.07. The maximum Gasteiger partial charge on any atom is 0.158 e. The minimum Gasteiger partial charge on any atom is -0.384 e. The van der Waals surface area contributed by atoms with Crippen LogP contribution in [0, 0.1) is 0 Å². The summed E-state index contributed by atoms with van der Waals surface area (Å²) in [5.41, 5.74) is 7.99. The molecule has 0 aliphatic carbocycles. The second-order valence-electron chi connectivity index (χ2n) is 4.51. The molecule has 2 rings (SSSR count). The highest BCUT2D eigenvalue weighted by atomic mass is 16.5. The fourth-order valence-corrected chi connectivity index (χ4v) is 2.02. The van der Waals surface area contributed by atoms with Gasteiger partial charge >= 0.3 is 0 Å². The number of aromatic nitrogens is 4. The molecule has 0 radical (unpaired) electrons. The lowest BCUT2D eigenvalue weighted by Crippen LogP contribution is -2.07. The molecule has 0 bridgehead atoms. The molecule has 0 atom stereocenters. The lowest BCUT2D eigenvalue weighted by atomic mass is 10.2. The van der Waals surface area contributed by atoms with Crippen LogP contribution < -0.4 is 11.1 Å². The molecule has 0 unspecified atom stereocenters. The molecule has 2 aromatic rings. The standard InChI is InChI=1S/C13H20N6O/c1-4-10-9(7-19(2)18-10)6-15-12-5-11(14)16-13(17-12)8-20-3/h5,7H,4,6,8H2,1-3H3,(H3,14,15,16,17). The van der Waals surface area contributed by atoms with E-state index in [4.69, 9.17) is 10.5 Å². The number of aryl methyl sites for hydroxylation is 2. The summed E-state index contributed by atoms with van der Waals surface area (Å²) < 4.78 is 6.84. The van der Waals surface area contributed by atoms with E-state index in [-0.39, 0.29) is 0 Å². The maximum atomic E-state index is 5.76. The SMILES string of the molecule is CCc1nn(C)cc1CNc1cc(N)nc(COC)n1. The van der Waals surface area contributed by atoms with Crippen molar-refractivity contribution in [2.75, 3.05) is 18.2 Å². The largest absolute Gasteiger partial charge is 0.384 e. The van der Waals surface area contributed by atoms with Gasteiger partial charge in [0.15, 0.2) is 5.82 Å². The third-order valence-electron chi connectivity index (χ3n) is 2.85. The molecule has 0 aromatic carbocycles. The van der Waals surface area contributed by atoms with Gasteiger partial charge in [-0.05, 0) is 6.42 Å². The number of nitrogens with zero attached hydrogens (tertiary/aromatic N) is 4. The van der Waals surface area contributed by atoms with E-state index >= 15 is 0 Å². The average Bonchev–Trinajstić information content (AvgIpc) is 2.76. The highest BCUT2D eigenvalue weighted by Crippen LogP contribution is 2.13. The summed E-state index contributed by atoms with van der Waals surface area (Å²) in [7, 11) is 3.52. The van der Waals surface area contributed by atoms with Crippen LogP contribution in [0.15, 0.2) is 12.3 Å². The summed E-state index contributed by atoms with van der Waals surface area (Å²) in [6, 6.07) is 1.71. The first kappa shape index (κ1) is 14.3. The zero-order valence-corrected chi connectivity index (χ0v) is 12.1. The molecule has 0 aliphatic rings. The van der Waals surface area contributed by atoms with Crippen LogP contribution in [0.4, 0.5) is 11.6 Å². The van der Waals surface area contributed by atoms with Crippen molar-refractivity contribution in [1.82, 2.24) is 19.7 Å². The quantitative estimate of drug-likeness (QED) is 0.821. The Morgan fingerprint density at radius 2 is 2.20 bits per heavy atom. The molecular weight excluding hydrogens is 256 g/mol. The van der Waals surface area contributed by atoms with Crippen LogP contribution in [0.5, 0.6) is 0 Å². The van der Waals surface area contributed by atoms with Gasteiger partial charge in [0.05, 0.1) is 5.69 Å². The van der Waals surface area contributed by atoms with E-state index in [0.717, 1.165) is 17.7 Å². The Labute approximate surface area is 118 Å². The van der Waals surface area contributed by atoms with Crippen molar-refractivity contribution in [3.05, 3.63) is 29.3 Å². The molecule has 3 N–H and O–H groups in total. The first-order valence-electron chi connectivity index (χ1n) is 6.50. The molecule has 0 fully saturated rings. The van der Waals surface area contributed by atoms with Gasteiger partial charge in [-0.25, -0.2) is 9.97 Å². The molecule has 0 amide bonds. The molecule has 0 aliphatic heterocycles. The van der Waals surface area contributed by atoms with Gasteiger partial charge in [-0.3, -0.25) is 4.68 Å². The third-order valence-corrected chi connectivity index (χ3v) is 2.85. The second kappa shape index (κ2) is 6.33. The first-order chi connectivity index (χ1) is 9.62. The monoisotopic (exact) mass is 276 g/mol. The second-order valence-corrected chi connectivity index (χ2v) is 4.51. The molecule has 2 heterocycles. The number of ether oxygens (including phenoxy) is 1. The number of hydrogen-bond acceptors (Lipinski definition) is 6. The van der Waals surface area contributed by atoms with Crippen LogP contribution in [0.1, 0.15) is 24.0 Å². The molecule has 2 aromatic heterocycles. The van der Waals surface area contributed by atoms with Crippen molar-refractivity contribution in [1.29, 1.82) is 0 Å². The lowest BCUT2D eigenvalue weighted by molar-refractivity contribution is 0.178. The Balaban J connectivity index is 2.10. The van der Waals surface area contributed by atoms with Crippen molar-refractivity contribution in [2.24, 2.45) is 7.05 Å². The average molecular weight is 276 g/mol. The lowest BCUT2D eigenvalue weighted by Gasteiger charge is -2.08. The third kappa shape index (κ3) is 3.45. The van der Waals surface area contributed by atoms with E-state index < -0.39 is 0 Å². The number of methoxy groups -OCH3 is 1. The number of nitrogens with two attached hydrogens (primary N) is 1. The fourth-order valence-electron chi connectivity index (χ4n) is 2.02. The Hall–Kier alpha value is -2.15. The summed E-state index contributed by atoms with van der Waals surface area (Å²) in [6.45, 7) is 3.08. The van der Waals surface area contributed by atoms with Crippen LogP contribution in [-0.2, 0) is 31.4 Å². The molecule has 108 valence electrons. The van der Waals surface area contributed by atoms with E-state index in [1.54, 1.807) is 13.2 Å². The zero-order valence-electron chi connectivity index (χ0n) is 12.1. The van der Waals surface area contributed by atoms with Crippen molar-refractivity contribution in [2.45, 2.75) is 26.5 Å². The van der Waals surface area contributed by atoms with E-state index in [9.17, 15) is 0 Å². The number of nitrogen functional groups attached to an aromatic ring is 1. The molecule has 7 nitrogen and oxygen atoms in total. The summed E-state index contributed by atoms with van der Waals surface area (Å²) in [5.74, 6) is 1.68.